The maximum Gasteiger partial charge on any atom is 0.323 e. The summed E-state index contributed by atoms with van der Waals surface area (Å²) in [7, 11) is 0. The average molecular weight is 240 g/mol. The van der Waals surface area contributed by atoms with Crippen molar-refractivity contribution < 1.29 is 14.7 Å². The topological polar surface area (TPSA) is 70.5 Å². The minimum Gasteiger partial charge on any atom is -0.480 e. The van der Waals surface area contributed by atoms with E-state index in [4.69, 9.17) is 5.11 Å². The Bertz CT molecular complexity index is 387. The first-order chi connectivity index (χ1) is 7.66. The van der Waals surface area contributed by atoms with Crippen LogP contribution in [0.15, 0.2) is 10.9 Å². The van der Waals surface area contributed by atoms with Gasteiger partial charge in [-0.3, -0.25) is 9.59 Å². The van der Waals surface area contributed by atoms with Crippen molar-refractivity contribution in [1.29, 1.82) is 0 Å². The molecule has 1 aromatic rings. The predicted molar refractivity (Wildman–Crippen MR) is 58.4 cm³/mol. The van der Waals surface area contributed by atoms with Gasteiger partial charge in [0.1, 0.15) is 12.2 Å². The Morgan fingerprint density at radius 1 is 1.56 bits per heavy atom. The summed E-state index contributed by atoms with van der Waals surface area (Å²) in [5, 5.41) is 10.4. The Morgan fingerprint density at radius 3 is 2.81 bits per heavy atom. The molecular weight excluding hydrogens is 228 g/mol. The summed E-state index contributed by atoms with van der Waals surface area (Å²) in [5.41, 5.74) is 1.91. The zero-order chi connectivity index (χ0) is 11.5. The van der Waals surface area contributed by atoms with Crippen LogP contribution in [0.4, 0.5) is 0 Å². The minimum atomic E-state index is -0.982. The molecule has 1 aromatic heterocycles. The molecule has 1 aliphatic carbocycles. The zero-order valence-electron chi connectivity index (χ0n) is 8.63. The van der Waals surface area contributed by atoms with Crippen molar-refractivity contribution in [3.05, 3.63) is 16.6 Å². The van der Waals surface area contributed by atoms with Gasteiger partial charge in [0.05, 0.1) is 5.51 Å². The van der Waals surface area contributed by atoms with Gasteiger partial charge in [0.25, 0.3) is 5.91 Å². The number of aromatic nitrogens is 1. The van der Waals surface area contributed by atoms with E-state index in [1.54, 1.807) is 10.9 Å². The van der Waals surface area contributed by atoms with Crippen LogP contribution in [0.3, 0.4) is 0 Å². The van der Waals surface area contributed by atoms with Gasteiger partial charge in [0.15, 0.2) is 0 Å². The smallest absolute Gasteiger partial charge is 0.323 e. The van der Waals surface area contributed by atoms with Gasteiger partial charge in [-0.2, -0.15) is 0 Å². The summed E-state index contributed by atoms with van der Waals surface area (Å²) in [4.78, 5) is 27.9. The molecule has 1 heterocycles. The lowest BCUT2D eigenvalue weighted by atomic mass is 10.3. The van der Waals surface area contributed by atoms with Gasteiger partial charge >= 0.3 is 5.97 Å². The molecule has 1 saturated carbocycles. The second-order valence-corrected chi connectivity index (χ2v) is 4.62. The monoisotopic (exact) mass is 240 g/mol. The summed E-state index contributed by atoms with van der Waals surface area (Å²) in [6.07, 6.45) is 2.17. The van der Waals surface area contributed by atoms with E-state index in [0.29, 0.717) is 18.2 Å². The molecule has 0 atom stereocenters. The molecular formula is C10H12N2O3S. The molecule has 0 spiro atoms. The normalized spacial score (nSPS) is 14.8. The fraction of sp³-hybridized carbons (Fsp3) is 0.500. The largest absolute Gasteiger partial charge is 0.480 e. The molecule has 0 radical (unpaired) electrons. The number of carboxylic acid groups (broad SMARTS) is 1. The van der Waals surface area contributed by atoms with Gasteiger partial charge in [-0.25, -0.2) is 4.98 Å². The number of rotatable bonds is 5. The third-order valence-electron chi connectivity index (χ3n) is 2.44. The van der Waals surface area contributed by atoms with E-state index < -0.39 is 5.97 Å². The molecule has 86 valence electrons. The maximum absolute atomic E-state index is 11.9. The van der Waals surface area contributed by atoms with Crippen LogP contribution in [0.25, 0.3) is 0 Å². The minimum absolute atomic E-state index is 0.243. The Labute approximate surface area is 96.7 Å². The number of hydrogen-bond acceptors (Lipinski definition) is 4. The third kappa shape index (κ3) is 2.79. The number of thiazole rings is 1. The highest BCUT2D eigenvalue weighted by Crippen LogP contribution is 2.30. The standard InChI is InChI=1S/C10H12N2O3S/c13-9(14)4-12(3-7-1-2-7)10(15)8-5-16-6-11-8/h5-7H,1-4H2,(H,13,14). The molecule has 0 unspecified atom stereocenters. The van der Waals surface area contributed by atoms with E-state index in [-0.39, 0.29) is 12.5 Å². The molecule has 1 amide bonds. The Hall–Kier alpha value is -1.43. The number of carboxylic acids is 1. The van der Waals surface area contributed by atoms with Crippen LogP contribution in [0, 0.1) is 5.92 Å². The summed E-state index contributed by atoms with van der Waals surface area (Å²) in [5.74, 6) is -0.790. The van der Waals surface area contributed by atoms with Gasteiger partial charge < -0.3 is 10.0 Å². The number of carbonyl (C=O) groups excluding carboxylic acids is 1. The van der Waals surface area contributed by atoms with Gasteiger partial charge in [-0.05, 0) is 18.8 Å². The highest BCUT2D eigenvalue weighted by Gasteiger charge is 2.28. The van der Waals surface area contributed by atoms with Crippen LogP contribution in [0.2, 0.25) is 0 Å². The molecule has 2 rings (SSSR count). The summed E-state index contributed by atoms with van der Waals surface area (Å²) < 4.78 is 0. The van der Waals surface area contributed by atoms with Crippen LogP contribution < -0.4 is 0 Å². The second kappa shape index (κ2) is 4.61. The molecule has 0 bridgehead atoms. The average Bonchev–Trinajstić information content (AvgIpc) is 2.88. The molecule has 1 N–H and O–H groups in total. The second-order valence-electron chi connectivity index (χ2n) is 3.90. The van der Waals surface area contributed by atoms with Gasteiger partial charge in [0.2, 0.25) is 0 Å². The fourth-order valence-electron chi connectivity index (χ4n) is 1.47. The maximum atomic E-state index is 11.9. The Balaban J connectivity index is 2.04. The van der Waals surface area contributed by atoms with E-state index in [2.05, 4.69) is 4.98 Å². The SMILES string of the molecule is O=C(O)CN(CC1CC1)C(=O)c1cscn1. The first-order valence-corrected chi connectivity index (χ1v) is 6.00. The number of carbonyl (C=O) groups is 2. The fourth-order valence-corrected chi connectivity index (χ4v) is 2.00. The van der Waals surface area contributed by atoms with Crippen LogP contribution in [0.5, 0.6) is 0 Å². The first kappa shape index (κ1) is 11.1. The Morgan fingerprint density at radius 2 is 2.31 bits per heavy atom. The van der Waals surface area contributed by atoms with Crippen molar-refractivity contribution in [2.45, 2.75) is 12.8 Å². The number of amides is 1. The summed E-state index contributed by atoms with van der Waals surface area (Å²) >= 11 is 1.33. The van der Waals surface area contributed by atoms with Crippen LogP contribution in [-0.4, -0.2) is 40.0 Å². The summed E-state index contributed by atoms with van der Waals surface area (Å²) in [6.45, 7) is 0.287. The number of nitrogens with zero attached hydrogens (tertiary/aromatic N) is 2. The molecule has 0 saturated heterocycles. The molecule has 0 aliphatic heterocycles. The van der Waals surface area contributed by atoms with E-state index in [9.17, 15) is 9.59 Å². The lowest BCUT2D eigenvalue weighted by molar-refractivity contribution is -0.137. The zero-order valence-corrected chi connectivity index (χ0v) is 9.44. The van der Waals surface area contributed by atoms with Gasteiger partial charge in [-0.1, -0.05) is 0 Å². The predicted octanol–water partition coefficient (Wildman–Crippen LogP) is 1.08. The van der Waals surface area contributed by atoms with Crippen LogP contribution >= 0.6 is 11.3 Å². The van der Waals surface area contributed by atoms with Crippen molar-refractivity contribution in [2.24, 2.45) is 5.92 Å². The third-order valence-corrected chi connectivity index (χ3v) is 3.03. The van der Waals surface area contributed by atoms with E-state index >= 15 is 0 Å². The molecule has 5 nitrogen and oxygen atoms in total. The van der Waals surface area contributed by atoms with Crippen LogP contribution in [0.1, 0.15) is 23.3 Å². The van der Waals surface area contributed by atoms with Crippen molar-refractivity contribution in [2.75, 3.05) is 13.1 Å². The molecule has 1 fully saturated rings. The van der Waals surface area contributed by atoms with E-state index in [1.165, 1.54) is 16.2 Å². The van der Waals surface area contributed by atoms with Crippen molar-refractivity contribution >= 4 is 23.2 Å². The van der Waals surface area contributed by atoms with Gasteiger partial charge in [0, 0.05) is 11.9 Å². The first-order valence-electron chi connectivity index (χ1n) is 5.06. The molecule has 0 aromatic carbocycles. The van der Waals surface area contributed by atoms with E-state index in [0.717, 1.165) is 12.8 Å². The quantitative estimate of drug-likeness (QED) is 0.836. The van der Waals surface area contributed by atoms with Crippen LogP contribution in [-0.2, 0) is 4.79 Å². The summed E-state index contributed by atoms with van der Waals surface area (Å²) in [6, 6.07) is 0. The van der Waals surface area contributed by atoms with E-state index in [1.807, 2.05) is 0 Å². The molecule has 1 aliphatic rings. The van der Waals surface area contributed by atoms with Crippen molar-refractivity contribution in [1.82, 2.24) is 9.88 Å². The van der Waals surface area contributed by atoms with Gasteiger partial charge in [-0.15, -0.1) is 11.3 Å². The van der Waals surface area contributed by atoms with Crippen molar-refractivity contribution in [3.63, 3.8) is 0 Å². The lowest BCUT2D eigenvalue weighted by Crippen LogP contribution is -2.37. The highest BCUT2D eigenvalue weighted by atomic mass is 32.1. The lowest BCUT2D eigenvalue weighted by Gasteiger charge is -2.19. The molecule has 16 heavy (non-hydrogen) atoms. The number of hydrogen-bond donors (Lipinski definition) is 1. The Kier molecular flexibility index (Phi) is 3.19. The van der Waals surface area contributed by atoms with Crippen molar-refractivity contribution in [3.8, 4) is 0 Å². The number of aliphatic carboxylic acids is 1. The molecule has 6 heteroatoms. The highest BCUT2D eigenvalue weighted by molar-refractivity contribution is 7.07.